The molecule has 2 heterocycles. The molecule has 1 atom stereocenters. The molecule has 21 heavy (non-hydrogen) atoms. The highest BCUT2D eigenvalue weighted by molar-refractivity contribution is 7.10. The van der Waals surface area contributed by atoms with E-state index < -0.39 is 11.4 Å². The standard InChI is InChI=1S/C16H21NO3S/c1-2-16(15(19)20)6-4-7-17(12-16)10-14-9-13(11-21-14)5-3-8-18/h9,11,18H,2,4,6-8,10,12H2,1H3,(H,19,20). The molecule has 5 heteroatoms. The molecule has 4 nitrogen and oxygen atoms in total. The van der Waals surface area contributed by atoms with Crippen LogP contribution in [0.3, 0.4) is 0 Å². The number of carboxylic acid groups (broad SMARTS) is 1. The first-order valence-corrected chi connectivity index (χ1v) is 8.10. The third-order valence-corrected chi connectivity index (χ3v) is 5.05. The maximum atomic E-state index is 11.6. The molecule has 1 aromatic rings. The Bertz CT molecular complexity index is 557. The summed E-state index contributed by atoms with van der Waals surface area (Å²) >= 11 is 1.64. The molecule has 0 amide bonds. The molecule has 2 N–H and O–H groups in total. The van der Waals surface area contributed by atoms with Crippen LogP contribution in [0.1, 0.15) is 36.6 Å². The lowest BCUT2D eigenvalue weighted by Crippen LogP contribution is -2.47. The zero-order valence-corrected chi connectivity index (χ0v) is 13.1. The van der Waals surface area contributed by atoms with Gasteiger partial charge in [0.1, 0.15) is 6.61 Å². The van der Waals surface area contributed by atoms with Crippen molar-refractivity contribution in [3.8, 4) is 11.8 Å². The molecule has 1 fully saturated rings. The van der Waals surface area contributed by atoms with Crippen molar-refractivity contribution < 1.29 is 15.0 Å². The van der Waals surface area contributed by atoms with Crippen molar-refractivity contribution in [3.63, 3.8) is 0 Å². The lowest BCUT2D eigenvalue weighted by molar-refractivity contribution is -0.153. The van der Waals surface area contributed by atoms with Gasteiger partial charge < -0.3 is 10.2 Å². The first-order chi connectivity index (χ1) is 10.1. The van der Waals surface area contributed by atoms with Gasteiger partial charge in [0.05, 0.1) is 5.41 Å². The van der Waals surface area contributed by atoms with Crippen LogP contribution in [0.15, 0.2) is 11.4 Å². The summed E-state index contributed by atoms with van der Waals surface area (Å²) in [6, 6.07) is 2.02. The maximum Gasteiger partial charge on any atom is 0.310 e. The average molecular weight is 307 g/mol. The van der Waals surface area contributed by atoms with E-state index in [4.69, 9.17) is 5.11 Å². The number of aliphatic hydroxyl groups excluding tert-OH is 1. The monoisotopic (exact) mass is 307 g/mol. The van der Waals surface area contributed by atoms with Crippen LogP contribution in [0.2, 0.25) is 0 Å². The second-order valence-corrected chi connectivity index (χ2v) is 6.51. The van der Waals surface area contributed by atoms with E-state index in [1.807, 2.05) is 18.4 Å². The summed E-state index contributed by atoms with van der Waals surface area (Å²) in [6.45, 7) is 4.18. The highest BCUT2D eigenvalue weighted by atomic mass is 32.1. The summed E-state index contributed by atoms with van der Waals surface area (Å²) in [5, 5.41) is 20.2. The fourth-order valence-corrected chi connectivity index (χ4v) is 3.73. The number of aliphatic hydroxyl groups is 1. The van der Waals surface area contributed by atoms with Crippen molar-refractivity contribution >= 4 is 17.3 Å². The molecule has 0 aromatic carbocycles. The number of hydrogen-bond acceptors (Lipinski definition) is 4. The SMILES string of the molecule is CCC1(C(=O)O)CCCN(Cc2cc(C#CCO)cs2)C1. The third kappa shape index (κ3) is 3.85. The molecule has 114 valence electrons. The molecule has 2 rings (SSSR count). The quantitative estimate of drug-likeness (QED) is 0.837. The van der Waals surface area contributed by atoms with Crippen LogP contribution < -0.4 is 0 Å². The van der Waals surface area contributed by atoms with Gasteiger partial charge in [0, 0.05) is 28.9 Å². The summed E-state index contributed by atoms with van der Waals surface area (Å²) in [4.78, 5) is 15.0. The Morgan fingerprint density at radius 2 is 2.38 bits per heavy atom. The van der Waals surface area contributed by atoms with E-state index in [9.17, 15) is 9.90 Å². The Morgan fingerprint density at radius 3 is 3.05 bits per heavy atom. The lowest BCUT2D eigenvalue weighted by Gasteiger charge is -2.39. The van der Waals surface area contributed by atoms with Crippen molar-refractivity contribution in [2.45, 2.75) is 32.7 Å². The van der Waals surface area contributed by atoms with Gasteiger partial charge in [-0.05, 0) is 31.9 Å². The Labute approximate surface area is 129 Å². The number of likely N-dealkylation sites (tertiary alicyclic amines) is 1. The number of aliphatic carboxylic acids is 1. The highest BCUT2D eigenvalue weighted by Gasteiger charge is 2.40. The van der Waals surface area contributed by atoms with Crippen molar-refractivity contribution in [2.75, 3.05) is 19.7 Å². The summed E-state index contributed by atoms with van der Waals surface area (Å²) in [6.07, 6.45) is 2.38. The van der Waals surface area contributed by atoms with Crippen LogP contribution in [0.5, 0.6) is 0 Å². The minimum absolute atomic E-state index is 0.130. The average Bonchev–Trinajstić information content (AvgIpc) is 2.92. The Hall–Kier alpha value is -1.35. The second kappa shape index (κ2) is 7.08. The molecule has 0 radical (unpaired) electrons. The molecule has 0 bridgehead atoms. The number of thiophene rings is 1. The van der Waals surface area contributed by atoms with Crippen molar-refractivity contribution in [3.05, 3.63) is 21.9 Å². The van der Waals surface area contributed by atoms with Crippen molar-refractivity contribution in [1.29, 1.82) is 0 Å². The van der Waals surface area contributed by atoms with Crippen molar-refractivity contribution in [1.82, 2.24) is 4.90 Å². The van der Waals surface area contributed by atoms with Crippen molar-refractivity contribution in [2.24, 2.45) is 5.41 Å². The highest BCUT2D eigenvalue weighted by Crippen LogP contribution is 2.34. The number of nitrogens with zero attached hydrogens (tertiary/aromatic N) is 1. The predicted molar refractivity (Wildman–Crippen MR) is 83.2 cm³/mol. The number of carboxylic acids is 1. The summed E-state index contributed by atoms with van der Waals surface area (Å²) in [7, 11) is 0. The largest absolute Gasteiger partial charge is 0.481 e. The first-order valence-electron chi connectivity index (χ1n) is 7.22. The topological polar surface area (TPSA) is 60.8 Å². The van der Waals surface area contributed by atoms with E-state index >= 15 is 0 Å². The fourth-order valence-electron chi connectivity index (χ4n) is 2.87. The van der Waals surface area contributed by atoms with Crippen LogP contribution in [0, 0.1) is 17.3 Å². The normalized spacial score (nSPS) is 22.6. The van der Waals surface area contributed by atoms with E-state index in [1.54, 1.807) is 11.3 Å². The molecule has 1 unspecified atom stereocenters. The summed E-state index contributed by atoms with van der Waals surface area (Å²) in [5.74, 6) is 4.86. The summed E-state index contributed by atoms with van der Waals surface area (Å²) in [5.41, 5.74) is 0.329. The molecule has 0 aliphatic carbocycles. The van der Waals surface area contributed by atoms with Crippen LogP contribution in [-0.4, -0.2) is 40.8 Å². The number of hydrogen-bond donors (Lipinski definition) is 2. The van der Waals surface area contributed by atoms with Gasteiger partial charge in [-0.15, -0.1) is 11.3 Å². The van der Waals surface area contributed by atoms with Gasteiger partial charge in [0.25, 0.3) is 0 Å². The molecule has 1 aromatic heterocycles. The Morgan fingerprint density at radius 1 is 1.57 bits per heavy atom. The van der Waals surface area contributed by atoms with E-state index in [2.05, 4.69) is 16.7 Å². The molecule has 1 aliphatic rings. The molecular formula is C16H21NO3S. The Balaban J connectivity index is 2.02. The van der Waals surface area contributed by atoms with Gasteiger partial charge in [-0.3, -0.25) is 9.69 Å². The van der Waals surface area contributed by atoms with Gasteiger partial charge in [-0.2, -0.15) is 0 Å². The fraction of sp³-hybridized carbons (Fsp3) is 0.562. The van der Waals surface area contributed by atoms with Gasteiger partial charge in [0.2, 0.25) is 0 Å². The van der Waals surface area contributed by atoms with Crippen LogP contribution >= 0.6 is 11.3 Å². The lowest BCUT2D eigenvalue weighted by atomic mass is 9.77. The summed E-state index contributed by atoms with van der Waals surface area (Å²) < 4.78 is 0. The smallest absolute Gasteiger partial charge is 0.310 e. The number of carbonyl (C=O) groups is 1. The molecule has 0 spiro atoms. The molecular weight excluding hydrogens is 286 g/mol. The van der Waals surface area contributed by atoms with E-state index in [-0.39, 0.29) is 6.61 Å². The van der Waals surface area contributed by atoms with Crippen LogP contribution in [-0.2, 0) is 11.3 Å². The van der Waals surface area contributed by atoms with E-state index in [0.717, 1.165) is 31.5 Å². The number of rotatable bonds is 4. The van der Waals surface area contributed by atoms with Crippen LogP contribution in [0.4, 0.5) is 0 Å². The molecule has 1 aliphatic heterocycles. The molecule has 1 saturated heterocycles. The minimum Gasteiger partial charge on any atom is -0.481 e. The first kappa shape index (κ1) is 16.0. The van der Waals surface area contributed by atoms with Gasteiger partial charge in [0.15, 0.2) is 0 Å². The Kier molecular flexibility index (Phi) is 5.40. The minimum atomic E-state index is -0.671. The second-order valence-electron chi connectivity index (χ2n) is 5.51. The number of piperidine rings is 1. The van der Waals surface area contributed by atoms with Gasteiger partial charge in [-0.1, -0.05) is 18.8 Å². The predicted octanol–water partition coefficient (Wildman–Crippen LogP) is 2.17. The van der Waals surface area contributed by atoms with Crippen LogP contribution in [0.25, 0.3) is 0 Å². The van der Waals surface area contributed by atoms with Gasteiger partial charge >= 0.3 is 5.97 Å². The maximum absolute atomic E-state index is 11.6. The zero-order valence-electron chi connectivity index (χ0n) is 12.3. The molecule has 0 saturated carbocycles. The van der Waals surface area contributed by atoms with Gasteiger partial charge in [-0.25, -0.2) is 0 Å². The zero-order chi connectivity index (χ0) is 15.3. The van der Waals surface area contributed by atoms with E-state index in [0.29, 0.717) is 13.0 Å². The van der Waals surface area contributed by atoms with E-state index in [1.165, 1.54) is 4.88 Å². The third-order valence-electron chi connectivity index (χ3n) is 4.13.